The van der Waals surface area contributed by atoms with Crippen molar-refractivity contribution in [3.8, 4) is 11.8 Å². The minimum Gasteiger partial charge on any atom is -0.474 e. The van der Waals surface area contributed by atoms with Gasteiger partial charge in [-0.1, -0.05) is 6.07 Å². The molecule has 1 atom stereocenters. The number of carbonyl (C=O) groups excluding carboxylic acids is 1. The number of benzene rings is 1. The third-order valence-electron chi connectivity index (χ3n) is 2.05. The molecule has 5 heteroatoms. The van der Waals surface area contributed by atoms with E-state index in [4.69, 9.17) is 20.5 Å². The van der Waals surface area contributed by atoms with Crippen LogP contribution in [0.5, 0.6) is 5.75 Å². The average molecular weight is 234 g/mol. The van der Waals surface area contributed by atoms with Gasteiger partial charge in [0.05, 0.1) is 17.9 Å². The molecule has 2 N–H and O–H groups in total. The van der Waals surface area contributed by atoms with Crippen LogP contribution in [0.4, 0.5) is 5.69 Å². The van der Waals surface area contributed by atoms with Crippen LogP contribution >= 0.6 is 0 Å². The Morgan fingerprint density at radius 2 is 2.29 bits per heavy atom. The van der Waals surface area contributed by atoms with E-state index in [1.54, 1.807) is 32.0 Å². The Kier molecular flexibility index (Phi) is 4.35. The number of anilines is 1. The van der Waals surface area contributed by atoms with Gasteiger partial charge in [-0.25, -0.2) is 4.79 Å². The first-order chi connectivity index (χ1) is 8.10. The molecule has 90 valence electrons. The Bertz CT molecular complexity index is 452. The Morgan fingerprint density at radius 1 is 1.59 bits per heavy atom. The molecule has 0 aliphatic carbocycles. The van der Waals surface area contributed by atoms with Gasteiger partial charge in [0.25, 0.3) is 0 Å². The molecule has 5 nitrogen and oxygen atoms in total. The SMILES string of the molecule is CCOC(=O)c1cccc(OC(C)C#N)c1N. The van der Waals surface area contributed by atoms with Gasteiger partial charge >= 0.3 is 5.97 Å². The van der Waals surface area contributed by atoms with E-state index >= 15 is 0 Å². The normalized spacial score (nSPS) is 11.4. The van der Waals surface area contributed by atoms with Crippen molar-refractivity contribution in [3.63, 3.8) is 0 Å². The summed E-state index contributed by atoms with van der Waals surface area (Å²) in [5.74, 6) is -0.190. The van der Waals surface area contributed by atoms with Crippen LogP contribution in [0, 0.1) is 11.3 Å². The van der Waals surface area contributed by atoms with E-state index in [0.717, 1.165) is 0 Å². The van der Waals surface area contributed by atoms with Crippen LogP contribution in [0.2, 0.25) is 0 Å². The maximum atomic E-state index is 11.6. The monoisotopic (exact) mass is 234 g/mol. The van der Waals surface area contributed by atoms with Crippen LogP contribution in [-0.2, 0) is 4.74 Å². The molecule has 1 rings (SSSR count). The highest BCUT2D eigenvalue weighted by molar-refractivity contribution is 5.96. The summed E-state index contributed by atoms with van der Waals surface area (Å²) in [6, 6.07) is 6.70. The number of nitrogens with zero attached hydrogens (tertiary/aromatic N) is 1. The molecule has 0 radical (unpaired) electrons. The summed E-state index contributed by atoms with van der Waals surface area (Å²) >= 11 is 0. The maximum Gasteiger partial charge on any atom is 0.340 e. The average Bonchev–Trinajstić information content (AvgIpc) is 2.32. The molecule has 0 heterocycles. The fourth-order valence-electron chi connectivity index (χ4n) is 1.25. The molecule has 1 aromatic carbocycles. The number of nitriles is 1. The molecule has 0 aromatic heterocycles. The van der Waals surface area contributed by atoms with Crippen LogP contribution in [0.1, 0.15) is 24.2 Å². The van der Waals surface area contributed by atoms with Crippen LogP contribution in [0.3, 0.4) is 0 Å². The first-order valence-corrected chi connectivity index (χ1v) is 5.22. The summed E-state index contributed by atoms with van der Waals surface area (Å²) < 4.78 is 10.1. The summed E-state index contributed by atoms with van der Waals surface area (Å²) in [6.45, 7) is 3.58. The smallest absolute Gasteiger partial charge is 0.340 e. The van der Waals surface area contributed by atoms with Gasteiger partial charge in [-0.3, -0.25) is 0 Å². The highest BCUT2D eigenvalue weighted by Gasteiger charge is 2.15. The molecule has 0 saturated heterocycles. The molecule has 0 spiro atoms. The van der Waals surface area contributed by atoms with Gasteiger partial charge in [-0.05, 0) is 26.0 Å². The molecule has 0 aliphatic heterocycles. The molecular weight excluding hydrogens is 220 g/mol. The highest BCUT2D eigenvalue weighted by Crippen LogP contribution is 2.26. The minimum absolute atomic E-state index is 0.188. The zero-order chi connectivity index (χ0) is 12.8. The fraction of sp³-hybridized carbons (Fsp3) is 0.333. The van der Waals surface area contributed by atoms with E-state index < -0.39 is 12.1 Å². The quantitative estimate of drug-likeness (QED) is 0.633. The molecular formula is C12H14N2O3. The number of carbonyl (C=O) groups is 1. The first kappa shape index (κ1) is 12.8. The topological polar surface area (TPSA) is 85.3 Å². The van der Waals surface area contributed by atoms with Crippen molar-refractivity contribution in [2.45, 2.75) is 20.0 Å². The van der Waals surface area contributed by atoms with Gasteiger partial charge in [0.2, 0.25) is 0 Å². The highest BCUT2D eigenvalue weighted by atomic mass is 16.5. The van der Waals surface area contributed by atoms with Crippen molar-refractivity contribution in [1.82, 2.24) is 0 Å². The fourth-order valence-corrected chi connectivity index (χ4v) is 1.25. The standard InChI is InChI=1S/C12H14N2O3/c1-3-16-12(15)9-5-4-6-10(11(9)14)17-8(2)7-13/h4-6,8H,3,14H2,1-2H3. The van der Waals surface area contributed by atoms with Crippen molar-refractivity contribution < 1.29 is 14.3 Å². The van der Waals surface area contributed by atoms with Crippen molar-refractivity contribution in [3.05, 3.63) is 23.8 Å². The molecule has 17 heavy (non-hydrogen) atoms. The van der Waals surface area contributed by atoms with Crippen LogP contribution < -0.4 is 10.5 Å². The summed E-state index contributed by atoms with van der Waals surface area (Å²) in [5.41, 5.74) is 6.22. The van der Waals surface area contributed by atoms with Crippen molar-refractivity contribution in [2.24, 2.45) is 0 Å². The Balaban J connectivity index is 2.99. The third kappa shape index (κ3) is 3.11. The Morgan fingerprint density at radius 3 is 2.88 bits per heavy atom. The lowest BCUT2D eigenvalue weighted by Gasteiger charge is -2.12. The number of hydrogen-bond donors (Lipinski definition) is 1. The maximum absolute atomic E-state index is 11.6. The number of rotatable bonds is 4. The van der Waals surface area contributed by atoms with Crippen LogP contribution in [0.15, 0.2) is 18.2 Å². The van der Waals surface area contributed by atoms with Crippen molar-refractivity contribution >= 4 is 11.7 Å². The van der Waals surface area contributed by atoms with E-state index in [1.807, 2.05) is 6.07 Å². The molecule has 1 unspecified atom stereocenters. The lowest BCUT2D eigenvalue weighted by atomic mass is 10.1. The summed E-state index contributed by atoms with van der Waals surface area (Å²) in [5, 5.41) is 8.64. The van der Waals surface area contributed by atoms with E-state index in [-0.39, 0.29) is 17.9 Å². The number of ether oxygens (including phenoxy) is 2. The minimum atomic E-state index is -0.630. The second-order valence-electron chi connectivity index (χ2n) is 3.33. The summed E-state index contributed by atoms with van der Waals surface area (Å²) in [6.07, 6.45) is -0.630. The number of nitrogen functional groups attached to an aromatic ring is 1. The summed E-state index contributed by atoms with van der Waals surface area (Å²) in [7, 11) is 0. The predicted octanol–water partition coefficient (Wildman–Crippen LogP) is 1.74. The Hall–Kier alpha value is -2.22. The van der Waals surface area contributed by atoms with Gasteiger partial charge in [-0.2, -0.15) is 5.26 Å². The molecule has 0 aliphatic rings. The zero-order valence-electron chi connectivity index (χ0n) is 9.77. The molecule has 1 aromatic rings. The van der Waals surface area contributed by atoms with Gasteiger partial charge in [0, 0.05) is 0 Å². The predicted molar refractivity (Wildman–Crippen MR) is 62.5 cm³/mol. The third-order valence-corrected chi connectivity index (χ3v) is 2.05. The number of nitrogens with two attached hydrogens (primary N) is 1. The van der Waals surface area contributed by atoms with E-state index in [2.05, 4.69) is 0 Å². The lowest BCUT2D eigenvalue weighted by Crippen LogP contribution is -2.13. The van der Waals surface area contributed by atoms with E-state index in [9.17, 15) is 4.79 Å². The zero-order valence-corrected chi connectivity index (χ0v) is 9.77. The second-order valence-corrected chi connectivity index (χ2v) is 3.33. The molecule has 0 fully saturated rings. The van der Waals surface area contributed by atoms with Gasteiger partial charge in [0.1, 0.15) is 11.8 Å². The second kappa shape index (κ2) is 5.75. The van der Waals surface area contributed by atoms with E-state index in [1.165, 1.54) is 0 Å². The van der Waals surface area contributed by atoms with Crippen molar-refractivity contribution in [2.75, 3.05) is 12.3 Å². The molecule has 0 amide bonds. The van der Waals surface area contributed by atoms with Crippen LogP contribution in [-0.4, -0.2) is 18.7 Å². The van der Waals surface area contributed by atoms with Gasteiger partial charge in [0.15, 0.2) is 6.10 Å². The van der Waals surface area contributed by atoms with Gasteiger partial charge < -0.3 is 15.2 Å². The molecule has 0 bridgehead atoms. The van der Waals surface area contributed by atoms with Gasteiger partial charge in [-0.15, -0.1) is 0 Å². The largest absolute Gasteiger partial charge is 0.474 e. The van der Waals surface area contributed by atoms with Crippen LogP contribution in [0.25, 0.3) is 0 Å². The van der Waals surface area contributed by atoms with E-state index in [0.29, 0.717) is 5.75 Å². The first-order valence-electron chi connectivity index (χ1n) is 5.22. The summed E-state index contributed by atoms with van der Waals surface area (Å²) in [4.78, 5) is 11.6. The lowest BCUT2D eigenvalue weighted by molar-refractivity contribution is 0.0527. The number of hydrogen-bond acceptors (Lipinski definition) is 5. The number of esters is 1. The number of para-hydroxylation sites is 1. The van der Waals surface area contributed by atoms with Crippen molar-refractivity contribution in [1.29, 1.82) is 5.26 Å². The molecule has 0 saturated carbocycles. The Labute approximate surface area is 99.7 Å².